The van der Waals surface area contributed by atoms with Gasteiger partial charge in [0, 0.05) is 25.1 Å². The summed E-state index contributed by atoms with van der Waals surface area (Å²) in [4.78, 5) is 17.2. The van der Waals surface area contributed by atoms with Gasteiger partial charge in [-0.15, -0.1) is 0 Å². The first-order valence-electron chi connectivity index (χ1n) is 12.7. The predicted molar refractivity (Wildman–Crippen MR) is 130 cm³/mol. The summed E-state index contributed by atoms with van der Waals surface area (Å²) in [5.74, 6) is -1.29. The van der Waals surface area contributed by atoms with E-state index >= 15 is 0 Å². The van der Waals surface area contributed by atoms with Crippen molar-refractivity contribution in [3.63, 3.8) is 0 Å². The first-order chi connectivity index (χ1) is 16.6. The zero-order valence-electron chi connectivity index (χ0n) is 20.5. The smallest absolute Gasteiger partial charge is 0.277 e. The number of benzene rings is 1. The van der Waals surface area contributed by atoms with Crippen LogP contribution in [0.3, 0.4) is 0 Å². The lowest BCUT2D eigenvalue weighted by Gasteiger charge is -2.34. The highest BCUT2D eigenvalue weighted by atomic mass is 19.3. The number of hydrogen-bond donors (Lipinski definition) is 1. The van der Waals surface area contributed by atoms with Crippen LogP contribution in [0.2, 0.25) is 0 Å². The van der Waals surface area contributed by atoms with Crippen LogP contribution in [0, 0.1) is 29.1 Å². The highest BCUT2D eigenvalue weighted by Gasteiger charge is 2.46. The summed E-state index contributed by atoms with van der Waals surface area (Å²) in [6.07, 6.45) is 9.95. The van der Waals surface area contributed by atoms with Crippen molar-refractivity contribution in [3.8, 4) is 6.07 Å². The number of halogens is 2. The van der Waals surface area contributed by atoms with Crippen molar-refractivity contribution in [2.75, 3.05) is 0 Å². The van der Waals surface area contributed by atoms with Gasteiger partial charge in [-0.05, 0) is 86.0 Å². The van der Waals surface area contributed by atoms with Gasteiger partial charge in [-0.1, -0.05) is 37.1 Å². The van der Waals surface area contributed by atoms with E-state index in [1.54, 1.807) is 18.3 Å². The Kier molecular flexibility index (Phi) is 7.38. The fraction of sp³-hybridized carbons (Fsp3) is 0.552. The molecule has 0 radical (unpaired) electrons. The first-order valence-corrected chi connectivity index (χ1v) is 12.7. The Labute approximate surface area is 206 Å². The third kappa shape index (κ3) is 5.95. The van der Waals surface area contributed by atoms with E-state index in [9.17, 15) is 18.7 Å². The second kappa shape index (κ2) is 10.1. The number of ketones is 1. The molecule has 1 heterocycles. The van der Waals surface area contributed by atoms with Gasteiger partial charge in [0.05, 0.1) is 0 Å². The molecule has 2 fully saturated rings. The number of alkyl halides is 2. The van der Waals surface area contributed by atoms with Crippen LogP contribution in [0.25, 0.3) is 0 Å². The van der Waals surface area contributed by atoms with E-state index in [-0.39, 0.29) is 11.3 Å². The Morgan fingerprint density at radius 2 is 1.77 bits per heavy atom. The summed E-state index contributed by atoms with van der Waals surface area (Å²) in [6, 6.07) is 12.0. The molecule has 0 unspecified atom stereocenters. The summed E-state index contributed by atoms with van der Waals surface area (Å²) in [6.45, 7) is 1.79. The molecular weight excluding hydrogens is 446 g/mol. The van der Waals surface area contributed by atoms with E-state index in [0.29, 0.717) is 48.3 Å². The van der Waals surface area contributed by atoms with Gasteiger partial charge in [-0.2, -0.15) is 5.26 Å². The normalized spacial score (nSPS) is 23.2. The van der Waals surface area contributed by atoms with Crippen LogP contribution in [0.15, 0.2) is 42.6 Å². The summed E-state index contributed by atoms with van der Waals surface area (Å²) < 4.78 is 27.6. The Balaban J connectivity index is 1.40. The third-order valence-corrected chi connectivity index (χ3v) is 8.21. The van der Waals surface area contributed by atoms with E-state index in [1.807, 2.05) is 12.1 Å². The van der Waals surface area contributed by atoms with E-state index in [1.165, 1.54) is 30.5 Å². The lowest BCUT2D eigenvalue weighted by atomic mass is 9.71. The number of pyridine rings is 1. The lowest BCUT2D eigenvalue weighted by molar-refractivity contribution is -0.165. The summed E-state index contributed by atoms with van der Waals surface area (Å²) in [5.41, 5.74) is -0.0373. The number of Topliss-reactive ketones (excluding diaryl/α,β-unsaturated/α-hetero) is 1. The van der Waals surface area contributed by atoms with Gasteiger partial charge in [0.15, 0.2) is 5.78 Å². The summed E-state index contributed by atoms with van der Waals surface area (Å²) >= 11 is 0. The number of aliphatic hydroxyl groups is 1. The molecular formula is C29H34F2N2O2. The highest BCUT2D eigenvalue weighted by molar-refractivity contribution is 5.96. The lowest BCUT2D eigenvalue weighted by Crippen LogP contribution is -2.40. The molecule has 2 aliphatic rings. The van der Waals surface area contributed by atoms with Gasteiger partial charge in [0.25, 0.3) is 5.92 Å². The molecule has 1 aromatic carbocycles. The van der Waals surface area contributed by atoms with E-state index < -0.39 is 11.5 Å². The maximum absolute atomic E-state index is 13.8. The fourth-order valence-corrected chi connectivity index (χ4v) is 5.50. The minimum atomic E-state index is -3.29. The number of rotatable bonds is 9. The highest BCUT2D eigenvalue weighted by Crippen LogP contribution is 2.45. The third-order valence-electron chi connectivity index (χ3n) is 8.21. The number of carbonyl (C=O) groups excluding carboxylic acids is 1. The van der Waals surface area contributed by atoms with Crippen molar-refractivity contribution < 1.29 is 18.7 Å². The Hall–Kier alpha value is -2.65. The number of nitrogens with zero attached hydrogens (tertiary/aromatic N) is 2. The van der Waals surface area contributed by atoms with Crippen molar-refractivity contribution in [1.29, 1.82) is 5.26 Å². The maximum Gasteiger partial charge on any atom is 0.277 e. The Morgan fingerprint density at radius 3 is 2.34 bits per heavy atom. The Bertz CT molecular complexity index is 1070. The van der Waals surface area contributed by atoms with Gasteiger partial charge in [0.2, 0.25) is 0 Å². The largest absolute Gasteiger partial charge is 0.379 e. The maximum atomic E-state index is 13.8. The molecule has 0 saturated heterocycles. The van der Waals surface area contributed by atoms with E-state index in [0.717, 1.165) is 39.0 Å². The molecule has 0 aliphatic heterocycles. The first kappa shape index (κ1) is 25.4. The SMILES string of the molecule is CC(F)(F)[C@@](C)(O)c1ccc(C(=O)C[C@H](CC2CC2)C2CCC(c3ccnc(C#N)c3)CC2)cc1. The number of nitriles is 1. The van der Waals surface area contributed by atoms with Crippen LogP contribution in [0.4, 0.5) is 8.78 Å². The second-order valence-electron chi connectivity index (χ2n) is 10.8. The van der Waals surface area contributed by atoms with Gasteiger partial charge in [0.1, 0.15) is 17.4 Å². The Morgan fingerprint density at radius 1 is 1.11 bits per heavy atom. The van der Waals surface area contributed by atoms with Gasteiger partial charge in [-0.25, -0.2) is 13.8 Å². The minimum Gasteiger partial charge on any atom is -0.379 e. The van der Waals surface area contributed by atoms with Crippen molar-refractivity contribution in [2.45, 2.75) is 82.7 Å². The average molecular weight is 481 g/mol. The van der Waals surface area contributed by atoms with Crippen LogP contribution < -0.4 is 0 Å². The molecule has 2 saturated carbocycles. The summed E-state index contributed by atoms with van der Waals surface area (Å²) in [7, 11) is 0. The van der Waals surface area contributed by atoms with Crippen molar-refractivity contribution in [1.82, 2.24) is 4.98 Å². The fourth-order valence-electron chi connectivity index (χ4n) is 5.50. The quantitative estimate of drug-likeness (QED) is 0.402. The summed E-state index contributed by atoms with van der Waals surface area (Å²) in [5, 5.41) is 19.4. The average Bonchev–Trinajstić information content (AvgIpc) is 3.67. The molecule has 1 aromatic heterocycles. The standard InChI is InChI=1S/C29H34F2N2O2/c1-28(35,29(2,30)31)25-11-9-22(10-12-25)27(34)17-24(15-19-3-4-19)21-7-5-20(6-8-21)23-13-14-33-26(16-23)18-32/h9-14,16,19-21,24,35H,3-8,15,17H2,1-2H3/t20?,21?,24-,28-/m0/s1. The van der Waals surface area contributed by atoms with E-state index in [2.05, 4.69) is 11.1 Å². The number of hydrogen-bond acceptors (Lipinski definition) is 4. The molecule has 2 aliphatic carbocycles. The topological polar surface area (TPSA) is 74.0 Å². The number of aromatic nitrogens is 1. The van der Waals surface area contributed by atoms with Crippen molar-refractivity contribution >= 4 is 5.78 Å². The minimum absolute atomic E-state index is 0.0417. The molecule has 1 N–H and O–H groups in total. The van der Waals surface area contributed by atoms with Crippen molar-refractivity contribution in [3.05, 3.63) is 65.0 Å². The molecule has 2 aromatic rings. The van der Waals surface area contributed by atoms with Gasteiger partial charge >= 0.3 is 0 Å². The molecule has 35 heavy (non-hydrogen) atoms. The molecule has 2 atom stereocenters. The monoisotopic (exact) mass is 480 g/mol. The predicted octanol–water partition coefficient (Wildman–Crippen LogP) is 6.78. The molecule has 4 nitrogen and oxygen atoms in total. The molecule has 0 bridgehead atoms. The molecule has 186 valence electrons. The zero-order chi connectivity index (χ0) is 25.2. The van der Waals surface area contributed by atoms with Crippen LogP contribution >= 0.6 is 0 Å². The molecule has 0 amide bonds. The second-order valence-corrected chi connectivity index (χ2v) is 10.8. The molecule has 4 rings (SSSR count). The van der Waals surface area contributed by atoms with Crippen LogP contribution in [0.1, 0.15) is 98.3 Å². The van der Waals surface area contributed by atoms with Crippen molar-refractivity contribution in [2.24, 2.45) is 17.8 Å². The van der Waals surface area contributed by atoms with Gasteiger partial charge in [-0.3, -0.25) is 4.79 Å². The van der Waals surface area contributed by atoms with Crippen LogP contribution in [-0.2, 0) is 5.60 Å². The zero-order valence-corrected chi connectivity index (χ0v) is 20.5. The number of carbonyl (C=O) groups is 1. The van der Waals surface area contributed by atoms with Gasteiger partial charge < -0.3 is 5.11 Å². The van der Waals surface area contributed by atoms with E-state index in [4.69, 9.17) is 5.26 Å². The molecule has 0 spiro atoms. The van der Waals surface area contributed by atoms with Crippen LogP contribution in [-0.4, -0.2) is 21.8 Å². The molecule has 6 heteroatoms. The van der Waals surface area contributed by atoms with Crippen LogP contribution in [0.5, 0.6) is 0 Å².